The Kier molecular flexibility index (Phi) is 37.2. The third kappa shape index (κ3) is 33.4. The van der Waals surface area contributed by atoms with Gasteiger partial charge in [0, 0.05) is 19.6 Å². The van der Waals surface area contributed by atoms with Crippen molar-refractivity contribution in [2.24, 2.45) is 0 Å². The highest BCUT2D eigenvalue weighted by atomic mass is 16.6. The van der Waals surface area contributed by atoms with Gasteiger partial charge in [0.25, 0.3) is 0 Å². The van der Waals surface area contributed by atoms with Gasteiger partial charge in [-0.15, -0.1) is 0 Å². The predicted molar refractivity (Wildman–Crippen MR) is 220 cm³/mol. The van der Waals surface area contributed by atoms with E-state index in [9.17, 15) is 14.7 Å². The minimum atomic E-state index is -0.941. The summed E-state index contributed by atoms with van der Waals surface area (Å²) >= 11 is 0. The van der Waals surface area contributed by atoms with E-state index < -0.39 is 5.60 Å². The standard InChI is InChI=1S/C45H89NO6/c1-6-9-12-15-18-19-20-23-31-40-50-43(48)35-28-24-29-36-46(38-39-47)37-30-25-32-41-51-45(4,5)44(49)52-42(33-26-21-16-13-10-7-2)34-27-22-17-14-11-8-3/h42,47H,6-41H2,1-5H3. The van der Waals surface area contributed by atoms with Crippen LogP contribution in [0, 0.1) is 0 Å². The maximum atomic E-state index is 13.2. The summed E-state index contributed by atoms with van der Waals surface area (Å²) in [5, 5.41) is 9.57. The van der Waals surface area contributed by atoms with E-state index in [1.54, 1.807) is 0 Å². The van der Waals surface area contributed by atoms with Crippen molar-refractivity contribution in [2.75, 3.05) is 39.5 Å². The molecule has 1 N–H and O–H groups in total. The molecule has 0 aliphatic rings. The number of unbranched alkanes of at least 4 members (excludes halogenated alkanes) is 22. The van der Waals surface area contributed by atoms with Gasteiger partial charge in [0.1, 0.15) is 6.10 Å². The van der Waals surface area contributed by atoms with Crippen LogP contribution in [-0.4, -0.2) is 73.1 Å². The van der Waals surface area contributed by atoms with Gasteiger partial charge < -0.3 is 24.2 Å². The summed E-state index contributed by atoms with van der Waals surface area (Å²) in [6.45, 7) is 14.2. The van der Waals surface area contributed by atoms with E-state index in [0.717, 1.165) is 90.1 Å². The van der Waals surface area contributed by atoms with E-state index in [1.807, 2.05) is 13.8 Å². The normalized spacial score (nSPS) is 11.9. The first-order chi connectivity index (χ1) is 25.3. The third-order valence-corrected chi connectivity index (χ3v) is 10.4. The molecule has 0 heterocycles. The monoisotopic (exact) mass is 740 g/mol. The Labute approximate surface area is 323 Å². The van der Waals surface area contributed by atoms with Gasteiger partial charge in [0.15, 0.2) is 5.60 Å². The van der Waals surface area contributed by atoms with Crippen LogP contribution < -0.4 is 0 Å². The molecule has 52 heavy (non-hydrogen) atoms. The quantitative estimate of drug-likeness (QED) is 0.0493. The third-order valence-electron chi connectivity index (χ3n) is 10.4. The van der Waals surface area contributed by atoms with Gasteiger partial charge >= 0.3 is 11.9 Å². The van der Waals surface area contributed by atoms with E-state index in [1.165, 1.54) is 109 Å². The Hall–Kier alpha value is -1.18. The number of esters is 2. The summed E-state index contributed by atoms with van der Waals surface area (Å²) in [7, 11) is 0. The lowest BCUT2D eigenvalue weighted by molar-refractivity contribution is -0.174. The molecule has 310 valence electrons. The van der Waals surface area contributed by atoms with Gasteiger partial charge in [-0.1, -0.05) is 143 Å². The topological polar surface area (TPSA) is 85.3 Å². The zero-order chi connectivity index (χ0) is 38.4. The summed E-state index contributed by atoms with van der Waals surface area (Å²) in [6, 6.07) is 0. The molecule has 0 aromatic carbocycles. The van der Waals surface area contributed by atoms with Crippen LogP contribution in [0.15, 0.2) is 0 Å². The van der Waals surface area contributed by atoms with E-state index in [-0.39, 0.29) is 24.6 Å². The number of carbonyl (C=O) groups is 2. The van der Waals surface area contributed by atoms with Crippen LogP contribution in [0.5, 0.6) is 0 Å². The van der Waals surface area contributed by atoms with Crippen molar-refractivity contribution < 1.29 is 28.9 Å². The number of hydrogen-bond acceptors (Lipinski definition) is 7. The zero-order valence-corrected chi connectivity index (χ0v) is 35.5. The van der Waals surface area contributed by atoms with Crippen LogP contribution in [0.3, 0.4) is 0 Å². The number of aliphatic hydroxyl groups is 1. The first kappa shape index (κ1) is 50.8. The highest BCUT2D eigenvalue weighted by Crippen LogP contribution is 2.21. The summed E-state index contributed by atoms with van der Waals surface area (Å²) < 4.78 is 17.6. The fourth-order valence-corrected chi connectivity index (χ4v) is 6.79. The highest BCUT2D eigenvalue weighted by molar-refractivity contribution is 5.78. The molecule has 0 atom stereocenters. The minimum absolute atomic E-state index is 0.00609. The SMILES string of the molecule is CCCCCCCCCCCOC(=O)CCCCCN(CCO)CCCCCOC(C)(C)C(=O)OC(CCCCCCCC)CCCCCCCC. The molecular weight excluding hydrogens is 650 g/mol. The van der Waals surface area contributed by atoms with Crippen molar-refractivity contribution >= 4 is 11.9 Å². The minimum Gasteiger partial charge on any atom is -0.466 e. The first-order valence-corrected chi connectivity index (χ1v) is 22.6. The Bertz CT molecular complexity index is 759. The molecular formula is C45H89NO6. The van der Waals surface area contributed by atoms with Gasteiger partial charge in [-0.05, 0) is 91.1 Å². The average molecular weight is 740 g/mol. The lowest BCUT2D eigenvalue weighted by atomic mass is 10.0. The Morgan fingerprint density at radius 3 is 1.46 bits per heavy atom. The molecule has 7 heteroatoms. The molecule has 0 rings (SSSR count). The van der Waals surface area contributed by atoms with Gasteiger partial charge in [-0.2, -0.15) is 0 Å². The Balaban J connectivity index is 4.19. The lowest BCUT2D eigenvalue weighted by Crippen LogP contribution is -2.39. The smallest absolute Gasteiger partial charge is 0.338 e. The summed E-state index contributed by atoms with van der Waals surface area (Å²) in [5.41, 5.74) is -0.941. The van der Waals surface area contributed by atoms with E-state index in [2.05, 4.69) is 25.7 Å². The largest absolute Gasteiger partial charge is 0.466 e. The predicted octanol–water partition coefficient (Wildman–Crippen LogP) is 12.3. The van der Waals surface area contributed by atoms with Crippen LogP contribution in [0.2, 0.25) is 0 Å². The highest BCUT2D eigenvalue weighted by Gasteiger charge is 2.32. The van der Waals surface area contributed by atoms with E-state index in [4.69, 9.17) is 14.2 Å². The maximum absolute atomic E-state index is 13.2. The van der Waals surface area contributed by atoms with Gasteiger partial charge in [-0.3, -0.25) is 4.79 Å². The van der Waals surface area contributed by atoms with Crippen molar-refractivity contribution in [3.8, 4) is 0 Å². The second-order valence-electron chi connectivity index (χ2n) is 16.0. The number of nitrogens with zero attached hydrogens (tertiary/aromatic N) is 1. The molecule has 0 aliphatic heterocycles. The van der Waals surface area contributed by atoms with Crippen LogP contribution in [0.4, 0.5) is 0 Å². The number of aliphatic hydroxyl groups excluding tert-OH is 1. The molecule has 0 radical (unpaired) electrons. The second-order valence-corrected chi connectivity index (χ2v) is 16.0. The number of rotatable bonds is 41. The number of hydrogen-bond donors (Lipinski definition) is 1. The molecule has 0 unspecified atom stereocenters. The molecule has 0 saturated carbocycles. The Morgan fingerprint density at radius 1 is 0.538 bits per heavy atom. The summed E-state index contributed by atoms with van der Waals surface area (Å²) in [6.07, 6.45) is 34.6. The van der Waals surface area contributed by atoms with Gasteiger partial charge in [-0.25, -0.2) is 4.79 Å². The van der Waals surface area contributed by atoms with Crippen LogP contribution >= 0.6 is 0 Å². The molecule has 0 aromatic rings. The van der Waals surface area contributed by atoms with Crippen LogP contribution in [-0.2, 0) is 23.8 Å². The van der Waals surface area contributed by atoms with Crippen molar-refractivity contribution in [2.45, 2.75) is 239 Å². The molecule has 0 fully saturated rings. The van der Waals surface area contributed by atoms with E-state index in [0.29, 0.717) is 26.2 Å². The molecule has 0 aliphatic carbocycles. The summed E-state index contributed by atoms with van der Waals surface area (Å²) in [5.74, 6) is -0.290. The zero-order valence-electron chi connectivity index (χ0n) is 35.5. The fourth-order valence-electron chi connectivity index (χ4n) is 6.79. The molecule has 0 amide bonds. The number of carbonyl (C=O) groups excluding carboxylic acids is 2. The van der Waals surface area contributed by atoms with Crippen molar-refractivity contribution in [3.05, 3.63) is 0 Å². The first-order valence-electron chi connectivity index (χ1n) is 22.6. The van der Waals surface area contributed by atoms with Crippen molar-refractivity contribution in [1.29, 1.82) is 0 Å². The van der Waals surface area contributed by atoms with Gasteiger partial charge in [0.2, 0.25) is 0 Å². The second kappa shape index (κ2) is 38.1. The molecule has 0 aromatic heterocycles. The van der Waals surface area contributed by atoms with Crippen LogP contribution in [0.25, 0.3) is 0 Å². The lowest BCUT2D eigenvalue weighted by Gasteiger charge is -2.27. The Morgan fingerprint density at radius 2 is 0.962 bits per heavy atom. The average Bonchev–Trinajstić information content (AvgIpc) is 3.12. The van der Waals surface area contributed by atoms with Gasteiger partial charge in [0.05, 0.1) is 13.2 Å². The number of ether oxygens (including phenoxy) is 3. The van der Waals surface area contributed by atoms with Crippen molar-refractivity contribution in [3.63, 3.8) is 0 Å². The summed E-state index contributed by atoms with van der Waals surface area (Å²) in [4.78, 5) is 27.6. The van der Waals surface area contributed by atoms with Crippen molar-refractivity contribution in [1.82, 2.24) is 4.90 Å². The fraction of sp³-hybridized carbons (Fsp3) is 0.956. The molecule has 0 spiro atoms. The van der Waals surface area contributed by atoms with Crippen LogP contribution in [0.1, 0.15) is 227 Å². The maximum Gasteiger partial charge on any atom is 0.338 e. The molecule has 7 nitrogen and oxygen atoms in total. The molecule has 0 bridgehead atoms. The van der Waals surface area contributed by atoms with E-state index >= 15 is 0 Å². The molecule has 0 saturated heterocycles.